The molecule has 5 atom stereocenters. The van der Waals surface area contributed by atoms with Crippen LogP contribution in [-0.2, 0) is 9.59 Å². The first-order valence-corrected chi connectivity index (χ1v) is 15.1. The Kier molecular flexibility index (Phi) is 7.92. The highest BCUT2D eigenvalue weighted by Crippen LogP contribution is 2.48. The summed E-state index contributed by atoms with van der Waals surface area (Å²) < 4.78 is 6.00. The van der Waals surface area contributed by atoms with Gasteiger partial charge in [0.05, 0.1) is 22.9 Å². The highest BCUT2D eigenvalue weighted by molar-refractivity contribution is 8.04. The van der Waals surface area contributed by atoms with Gasteiger partial charge in [-0.3, -0.25) is 14.5 Å². The molecule has 0 radical (unpaired) electrons. The molecule has 10 nitrogen and oxygen atoms in total. The summed E-state index contributed by atoms with van der Waals surface area (Å²) in [6.07, 6.45) is 3.12. The van der Waals surface area contributed by atoms with Crippen LogP contribution in [0.25, 0.3) is 0 Å². The number of amides is 4. The number of benzene rings is 2. The third-order valence-electron chi connectivity index (χ3n) is 8.22. The van der Waals surface area contributed by atoms with Crippen LogP contribution in [0.2, 0.25) is 0 Å². The Bertz CT molecular complexity index is 1370. The number of rotatable bonds is 8. The first kappa shape index (κ1) is 27.6. The molecule has 5 N–H and O–H groups in total. The summed E-state index contributed by atoms with van der Waals surface area (Å²) in [5, 5.41) is 15.7. The van der Waals surface area contributed by atoms with Crippen LogP contribution < -0.4 is 36.2 Å². The number of piperidine rings is 1. The Hall–Kier alpha value is -3.54. The fourth-order valence-corrected chi connectivity index (χ4v) is 7.82. The molecule has 3 fully saturated rings. The first-order valence-electron chi connectivity index (χ1n) is 14.2. The molecule has 3 aliphatic heterocycles. The van der Waals surface area contributed by atoms with Crippen molar-refractivity contribution in [1.29, 1.82) is 0 Å². The van der Waals surface area contributed by atoms with Crippen LogP contribution in [0.3, 0.4) is 0 Å². The molecule has 0 aromatic heterocycles. The minimum absolute atomic E-state index is 0.00533. The van der Waals surface area contributed by atoms with E-state index in [0.29, 0.717) is 17.1 Å². The summed E-state index contributed by atoms with van der Waals surface area (Å²) in [5.41, 5.74) is 2.50. The smallest absolute Gasteiger partial charge is 0.326 e. The maximum absolute atomic E-state index is 13.6. The van der Waals surface area contributed by atoms with Crippen molar-refractivity contribution >= 4 is 35.3 Å². The number of thioether (sulfide) groups is 1. The third kappa shape index (κ3) is 5.66. The molecule has 0 spiro atoms. The average Bonchev–Trinajstić information content (AvgIpc) is 3.55. The lowest BCUT2D eigenvalue weighted by molar-refractivity contribution is -0.120. The summed E-state index contributed by atoms with van der Waals surface area (Å²) in [7, 11) is 1.74. The number of nitrogens with one attached hydrogen (secondary N) is 5. The van der Waals surface area contributed by atoms with Gasteiger partial charge in [-0.1, -0.05) is 30.0 Å². The summed E-state index contributed by atoms with van der Waals surface area (Å²) >= 11 is 1.50. The van der Waals surface area contributed by atoms with E-state index >= 15 is 0 Å². The number of carbonyl (C=O) groups excluding carboxylic acids is 3. The second-order valence-corrected chi connectivity index (χ2v) is 12.2. The van der Waals surface area contributed by atoms with E-state index in [1.165, 1.54) is 11.8 Å². The Morgan fingerprint density at radius 3 is 2.59 bits per heavy atom. The van der Waals surface area contributed by atoms with Gasteiger partial charge in [0.15, 0.2) is 0 Å². The van der Waals surface area contributed by atoms with Gasteiger partial charge in [-0.15, -0.1) is 0 Å². The van der Waals surface area contributed by atoms with Crippen molar-refractivity contribution in [2.75, 3.05) is 25.0 Å². The van der Waals surface area contributed by atoms with Crippen LogP contribution in [0, 0.1) is 12.8 Å². The minimum atomic E-state index is -0.220. The largest absolute Gasteiger partial charge is 0.457 e. The molecular formula is C30H36N6O4S. The Balaban J connectivity index is 1.17. The lowest BCUT2D eigenvalue weighted by Gasteiger charge is -2.46. The Morgan fingerprint density at radius 1 is 1.05 bits per heavy atom. The summed E-state index contributed by atoms with van der Waals surface area (Å²) in [6.45, 7) is 3.03. The second kappa shape index (κ2) is 11.8. The normalized spacial score (nSPS) is 26.8. The van der Waals surface area contributed by atoms with Gasteiger partial charge in [0, 0.05) is 29.4 Å². The van der Waals surface area contributed by atoms with Crippen molar-refractivity contribution < 1.29 is 19.1 Å². The number of para-hydroxylation sites is 1. The van der Waals surface area contributed by atoms with E-state index in [-0.39, 0.29) is 53.8 Å². The lowest BCUT2D eigenvalue weighted by Crippen LogP contribution is -2.62. The zero-order valence-electron chi connectivity index (χ0n) is 23.2. The number of anilines is 1. The number of hydrogen-bond acceptors (Lipinski definition) is 7. The zero-order chi connectivity index (χ0) is 28.5. The predicted molar refractivity (Wildman–Crippen MR) is 159 cm³/mol. The molecule has 3 unspecified atom stereocenters. The molecule has 2 aromatic rings. The average molecular weight is 577 g/mol. The molecule has 41 heavy (non-hydrogen) atoms. The minimum Gasteiger partial charge on any atom is -0.457 e. The molecule has 4 amide bonds. The highest BCUT2D eigenvalue weighted by Gasteiger charge is 2.52. The van der Waals surface area contributed by atoms with Gasteiger partial charge in [0.25, 0.3) is 5.91 Å². The molecule has 4 aliphatic rings. The second-order valence-electron chi connectivity index (χ2n) is 11.1. The molecule has 3 heterocycles. The molecule has 1 aliphatic carbocycles. The fourth-order valence-electron chi connectivity index (χ4n) is 6.42. The predicted octanol–water partition coefficient (Wildman–Crippen LogP) is 2.95. The molecular weight excluding hydrogens is 540 g/mol. The number of urea groups is 1. The number of nitrogens with zero attached hydrogens (tertiary/aromatic N) is 1. The number of hydrogen-bond donors (Lipinski definition) is 5. The topological polar surface area (TPSA) is 124 Å². The van der Waals surface area contributed by atoms with Crippen LogP contribution in [-0.4, -0.2) is 61.5 Å². The van der Waals surface area contributed by atoms with E-state index in [4.69, 9.17) is 4.74 Å². The lowest BCUT2D eigenvalue weighted by atomic mass is 9.86. The molecule has 0 bridgehead atoms. The van der Waals surface area contributed by atoms with Gasteiger partial charge in [-0.05, 0) is 82.1 Å². The number of carbonyl (C=O) groups is 3. The van der Waals surface area contributed by atoms with Gasteiger partial charge in [-0.2, -0.15) is 0 Å². The maximum Gasteiger partial charge on any atom is 0.326 e. The van der Waals surface area contributed by atoms with E-state index in [1.807, 2.05) is 60.4 Å². The number of aryl methyl sites for hydroxylation is 1. The van der Waals surface area contributed by atoms with Gasteiger partial charge in [-0.25, -0.2) is 4.79 Å². The summed E-state index contributed by atoms with van der Waals surface area (Å²) in [6, 6.07) is 15.2. The van der Waals surface area contributed by atoms with Crippen LogP contribution in [0.4, 0.5) is 10.5 Å². The first-order chi connectivity index (χ1) is 19.9. The van der Waals surface area contributed by atoms with Crippen molar-refractivity contribution in [2.45, 2.75) is 56.1 Å². The highest BCUT2D eigenvalue weighted by atomic mass is 32.2. The molecule has 6 rings (SSSR count). The molecule has 216 valence electrons. The van der Waals surface area contributed by atoms with E-state index < -0.39 is 0 Å². The van der Waals surface area contributed by atoms with Crippen LogP contribution in [0.15, 0.2) is 59.1 Å². The third-order valence-corrected chi connectivity index (χ3v) is 9.58. The Morgan fingerprint density at radius 2 is 1.83 bits per heavy atom. The van der Waals surface area contributed by atoms with Gasteiger partial charge in [0.2, 0.25) is 5.91 Å². The van der Waals surface area contributed by atoms with Gasteiger partial charge < -0.3 is 31.3 Å². The standard InChI is InChI=1S/C30H36N6O4S/c1-17-14-21(40-20-6-4-3-5-7-20)10-11-22(17)36-23-12-13-32-29-25(23)26(35-30(36)39)27(41-29)28(38)34-19-9-8-18(15-19)33-24(37)16-31-2/h3-7,10-11,14,18-19,23,25,29,31-32H,8-9,12-13,15-16H2,1-2H3,(H,33,37)(H,34,38)(H,35,39)/t18-,19-,23?,25?,29?/m1/s1. The zero-order valence-corrected chi connectivity index (χ0v) is 24.1. The molecule has 1 saturated carbocycles. The van der Waals surface area contributed by atoms with Crippen molar-refractivity contribution in [1.82, 2.24) is 26.6 Å². The summed E-state index contributed by atoms with van der Waals surface area (Å²) in [5.74, 6) is 1.25. The van der Waals surface area contributed by atoms with E-state index in [2.05, 4.69) is 26.6 Å². The van der Waals surface area contributed by atoms with Crippen molar-refractivity contribution in [2.24, 2.45) is 5.92 Å². The maximum atomic E-state index is 13.6. The Labute approximate surface area is 244 Å². The van der Waals surface area contributed by atoms with Crippen LogP contribution >= 0.6 is 11.8 Å². The number of ether oxygens (including phenoxy) is 1. The van der Waals surface area contributed by atoms with E-state index in [1.54, 1.807) is 7.05 Å². The van der Waals surface area contributed by atoms with Crippen molar-refractivity contribution in [3.63, 3.8) is 0 Å². The van der Waals surface area contributed by atoms with Gasteiger partial charge in [0.1, 0.15) is 11.5 Å². The van der Waals surface area contributed by atoms with Crippen molar-refractivity contribution in [3.8, 4) is 11.5 Å². The molecule has 11 heteroatoms. The fraction of sp³-hybridized carbons (Fsp3) is 0.433. The SMILES string of the molecule is CNCC(=O)N[C@@H]1CC[C@@H](NC(=O)C2=C3NC(=O)N(c4ccc(Oc5ccccc5)cc4C)C4CCNC(S2)C34)C1. The van der Waals surface area contributed by atoms with Gasteiger partial charge >= 0.3 is 6.03 Å². The van der Waals surface area contributed by atoms with E-state index in [0.717, 1.165) is 48.5 Å². The quantitative estimate of drug-likeness (QED) is 0.327. The van der Waals surface area contributed by atoms with Crippen LogP contribution in [0.1, 0.15) is 31.2 Å². The van der Waals surface area contributed by atoms with Crippen LogP contribution in [0.5, 0.6) is 11.5 Å². The molecule has 2 saturated heterocycles. The number of likely N-dealkylation sites (N-methyl/N-ethyl adjacent to an activating group) is 1. The monoisotopic (exact) mass is 576 g/mol. The van der Waals surface area contributed by atoms with Crippen molar-refractivity contribution in [3.05, 3.63) is 64.7 Å². The summed E-state index contributed by atoms with van der Waals surface area (Å²) in [4.78, 5) is 41.5. The molecule has 2 aromatic carbocycles. The van der Waals surface area contributed by atoms with E-state index in [9.17, 15) is 14.4 Å².